The monoisotopic (exact) mass is 283 g/mol. The molecule has 0 bridgehead atoms. The molecule has 0 fully saturated rings. The summed E-state index contributed by atoms with van der Waals surface area (Å²) in [5.41, 5.74) is 1.59. The van der Waals surface area contributed by atoms with Crippen molar-refractivity contribution in [2.45, 2.75) is 13.5 Å². The summed E-state index contributed by atoms with van der Waals surface area (Å²) in [5, 5.41) is 3.20. The van der Waals surface area contributed by atoms with Crippen LogP contribution in [0.25, 0.3) is 0 Å². The van der Waals surface area contributed by atoms with Gasteiger partial charge >= 0.3 is 0 Å². The smallest absolute Gasteiger partial charge is 0.207 e. The van der Waals surface area contributed by atoms with Gasteiger partial charge in [0, 0.05) is 25.5 Å². The predicted molar refractivity (Wildman–Crippen MR) is 73.5 cm³/mol. The van der Waals surface area contributed by atoms with Crippen molar-refractivity contribution in [1.82, 2.24) is 9.55 Å². The van der Waals surface area contributed by atoms with Gasteiger partial charge in [-0.1, -0.05) is 11.6 Å². The van der Waals surface area contributed by atoms with Crippen LogP contribution in [0.1, 0.15) is 5.69 Å². The summed E-state index contributed by atoms with van der Waals surface area (Å²) < 4.78 is 20.1. The Balaban J connectivity index is 2.19. The number of hydrogen-bond acceptors (Lipinski definition) is 3. The van der Waals surface area contributed by atoms with Crippen molar-refractivity contribution in [2.24, 2.45) is 0 Å². The van der Waals surface area contributed by atoms with Gasteiger partial charge < -0.3 is 14.6 Å². The zero-order chi connectivity index (χ0) is 13.8. The van der Waals surface area contributed by atoms with E-state index in [0.717, 1.165) is 5.69 Å². The molecule has 0 radical (unpaired) electrons. The van der Waals surface area contributed by atoms with E-state index in [1.807, 2.05) is 17.7 Å². The third-order valence-electron chi connectivity index (χ3n) is 2.61. The van der Waals surface area contributed by atoms with Gasteiger partial charge in [-0.05, 0) is 25.1 Å². The van der Waals surface area contributed by atoms with E-state index in [0.29, 0.717) is 24.8 Å². The van der Waals surface area contributed by atoms with Crippen molar-refractivity contribution in [3.63, 3.8) is 0 Å². The number of aromatic nitrogens is 2. The zero-order valence-corrected chi connectivity index (χ0v) is 11.5. The molecular formula is C13H15ClFN3O. The maximum Gasteiger partial charge on any atom is 0.207 e. The molecule has 0 aliphatic rings. The van der Waals surface area contributed by atoms with Crippen LogP contribution >= 0.6 is 11.6 Å². The molecule has 0 atom stereocenters. The molecule has 0 saturated heterocycles. The van der Waals surface area contributed by atoms with Crippen molar-refractivity contribution >= 4 is 23.2 Å². The number of rotatable bonds is 5. The van der Waals surface area contributed by atoms with Crippen LogP contribution in [0.2, 0.25) is 5.02 Å². The normalized spacial score (nSPS) is 10.7. The number of hydrogen-bond donors (Lipinski definition) is 1. The van der Waals surface area contributed by atoms with Crippen LogP contribution in [0.3, 0.4) is 0 Å². The first-order valence-corrected chi connectivity index (χ1v) is 6.22. The fourth-order valence-corrected chi connectivity index (χ4v) is 1.89. The molecule has 19 heavy (non-hydrogen) atoms. The Morgan fingerprint density at radius 3 is 2.95 bits per heavy atom. The number of aryl methyl sites for hydroxylation is 1. The minimum atomic E-state index is -0.439. The van der Waals surface area contributed by atoms with Gasteiger partial charge in [0.25, 0.3) is 0 Å². The molecule has 2 aromatic rings. The Morgan fingerprint density at radius 2 is 2.26 bits per heavy atom. The molecule has 102 valence electrons. The molecule has 0 spiro atoms. The lowest BCUT2D eigenvalue weighted by atomic mass is 10.3. The van der Waals surface area contributed by atoms with Crippen molar-refractivity contribution in [3.8, 4) is 0 Å². The summed E-state index contributed by atoms with van der Waals surface area (Å²) in [7, 11) is 1.65. The summed E-state index contributed by atoms with van der Waals surface area (Å²) in [6.45, 7) is 3.19. The Hall–Kier alpha value is -1.59. The minimum absolute atomic E-state index is 0.0803. The Kier molecular flexibility index (Phi) is 4.39. The Labute approximate surface area is 116 Å². The third kappa shape index (κ3) is 3.45. The predicted octanol–water partition coefficient (Wildman–Crippen LogP) is 3.37. The number of nitrogens with zero attached hydrogens (tertiary/aromatic N) is 2. The third-order valence-corrected chi connectivity index (χ3v) is 2.90. The highest BCUT2D eigenvalue weighted by atomic mass is 35.5. The zero-order valence-electron chi connectivity index (χ0n) is 10.8. The van der Waals surface area contributed by atoms with Crippen LogP contribution in [0.15, 0.2) is 24.4 Å². The number of halogens is 2. The largest absolute Gasteiger partial charge is 0.383 e. The molecule has 1 aromatic carbocycles. The van der Waals surface area contributed by atoms with E-state index in [1.165, 1.54) is 12.1 Å². The van der Waals surface area contributed by atoms with E-state index in [-0.39, 0.29) is 5.02 Å². The van der Waals surface area contributed by atoms with Gasteiger partial charge in [-0.2, -0.15) is 0 Å². The average Bonchev–Trinajstić information content (AvgIpc) is 2.71. The second-order valence-corrected chi connectivity index (χ2v) is 4.55. The highest BCUT2D eigenvalue weighted by Gasteiger charge is 2.07. The van der Waals surface area contributed by atoms with Crippen molar-refractivity contribution in [3.05, 3.63) is 40.9 Å². The van der Waals surface area contributed by atoms with Crippen molar-refractivity contribution in [2.75, 3.05) is 19.0 Å². The maximum absolute atomic E-state index is 13.1. The van der Waals surface area contributed by atoms with E-state index in [1.54, 1.807) is 13.2 Å². The number of benzene rings is 1. The second kappa shape index (κ2) is 6.04. The molecular weight excluding hydrogens is 269 g/mol. The molecule has 0 amide bonds. The molecule has 1 aromatic heterocycles. The number of imidazole rings is 1. The standard InChI is InChI=1S/C13H15ClFN3O/c1-9-8-18(5-6-19-2)13(16-9)17-10-3-4-12(15)11(14)7-10/h3-4,7-8H,5-6H2,1-2H3,(H,16,17). The van der Waals surface area contributed by atoms with Crippen LogP contribution in [-0.4, -0.2) is 23.3 Å². The first-order valence-electron chi connectivity index (χ1n) is 5.85. The first-order chi connectivity index (χ1) is 9.10. The molecule has 4 nitrogen and oxygen atoms in total. The van der Waals surface area contributed by atoms with Crippen LogP contribution in [0, 0.1) is 12.7 Å². The number of anilines is 2. The van der Waals surface area contributed by atoms with E-state index >= 15 is 0 Å². The van der Waals surface area contributed by atoms with E-state index in [2.05, 4.69) is 10.3 Å². The molecule has 6 heteroatoms. The van der Waals surface area contributed by atoms with E-state index in [4.69, 9.17) is 16.3 Å². The lowest BCUT2D eigenvalue weighted by molar-refractivity contribution is 0.188. The van der Waals surface area contributed by atoms with Crippen LogP contribution in [-0.2, 0) is 11.3 Å². The number of ether oxygens (including phenoxy) is 1. The quantitative estimate of drug-likeness (QED) is 0.914. The van der Waals surface area contributed by atoms with E-state index < -0.39 is 5.82 Å². The van der Waals surface area contributed by atoms with Gasteiger partial charge in [0.15, 0.2) is 0 Å². The van der Waals surface area contributed by atoms with Crippen LogP contribution in [0.5, 0.6) is 0 Å². The molecule has 1 heterocycles. The topological polar surface area (TPSA) is 39.1 Å². The van der Waals surface area contributed by atoms with Gasteiger partial charge in [-0.25, -0.2) is 9.37 Å². The minimum Gasteiger partial charge on any atom is -0.383 e. The average molecular weight is 284 g/mol. The second-order valence-electron chi connectivity index (χ2n) is 4.15. The van der Waals surface area contributed by atoms with Crippen LogP contribution in [0.4, 0.5) is 16.0 Å². The summed E-state index contributed by atoms with van der Waals surface area (Å²) in [6.07, 6.45) is 1.92. The molecule has 0 aliphatic heterocycles. The van der Waals surface area contributed by atoms with E-state index in [9.17, 15) is 4.39 Å². The lowest BCUT2D eigenvalue weighted by Gasteiger charge is -2.09. The van der Waals surface area contributed by atoms with Gasteiger partial charge in [0.05, 0.1) is 17.3 Å². The summed E-state index contributed by atoms with van der Waals surface area (Å²) in [4.78, 5) is 4.37. The first kappa shape index (κ1) is 13.8. The lowest BCUT2D eigenvalue weighted by Crippen LogP contribution is -2.07. The Bertz CT molecular complexity index is 571. The van der Waals surface area contributed by atoms with Gasteiger partial charge in [-0.15, -0.1) is 0 Å². The summed E-state index contributed by atoms with van der Waals surface area (Å²) in [5.74, 6) is 0.239. The molecule has 0 aliphatic carbocycles. The highest BCUT2D eigenvalue weighted by molar-refractivity contribution is 6.31. The fraction of sp³-hybridized carbons (Fsp3) is 0.308. The molecule has 1 N–H and O–H groups in total. The molecule has 0 saturated carbocycles. The van der Waals surface area contributed by atoms with Crippen molar-refractivity contribution < 1.29 is 9.13 Å². The molecule has 2 rings (SSSR count). The van der Waals surface area contributed by atoms with Crippen LogP contribution < -0.4 is 5.32 Å². The maximum atomic E-state index is 13.1. The van der Waals surface area contributed by atoms with Gasteiger partial charge in [0.2, 0.25) is 5.95 Å². The summed E-state index contributed by atoms with van der Waals surface area (Å²) in [6, 6.07) is 4.47. The van der Waals surface area contributed by atoms with Gasteiger partial charge in [0.1, 0.15) is 5.82 Å². The Morgan fingerprint density at radius 1 is 1.47 bits per heavy atom. The van der Waals surface area contributed by atoms with Gasteiger partial charge in [-0.3, -0.25) is 0 Å². The fourth-order valence-electron chi connectivity index (χ4n) is 1.71. The summed E-state index contributed by atoms with van der Waals surface area (Å²) >= 11 is 5.75. The van der Waals surface area contributed by atoms with Crippen molar-refractivity contribution in [1.29, 1.82) is 0 Å². The number of methoxy groups -OCH3 is 1. The SMILES string of the molecule is COCCn1cc(C)nc1Nc1ccc(F)c(Cl)c1. The number of nitrogens with one attached hydrogen (secondary N) is 1. The molecule has 0 unspecified atom stereocenters. The highest BCUT2D eigenvalue weighted by Crippen LogP contribution is 2.22.